The fourth-order valence-electron chi connectivity index (χ4n) is 2.46. The third-order valence-electron chi connectivity index (χ3n) is 3.49. The standard InChI is InChI=1S/C15H21ClN2S/c1-4-18-11(2)9-13(12(18)3)10-17-8-7-14-5-6-15(16)19-14/h5-6,9,17H,4,7-8,10H2,1-3H3. The second-order valence-electron chi connectivity index (χ2n) is 4.77. The molecule has 0 radical (unpaired) electrons. The smallest absolute Gasteiger partial charge is 0.0931 e. The van der Waals surface area contributed by atoms with Crippen molar-refractivity contribution in [1.82, 2.24) is 9.88 Å². The Morgan fingerprint density at radius 3 is 2.68 bits per heavy atom. The van der Waals surface area contributed by atoms with Gasteiger partial charge < -0.3 is 9.88 Å². The van der Waals surface area contributed by atoms with Crippen molar-refractivity contribution >= 4 is 22.9 Å². The van der Waals surface area contributed by atoms with Gasteiger partial charge in [0.1, 0.15) is 0 Å². The molecule has 0 aliphatic rings. The molecular weight excluding hydrogens is 276 g/mol. The lowest BCUT2D eigenvalue weighted by molar-refractivity contribution is 0.675. The molecular formula is C15H21ClN2S. The van der Waals surface area contributed by atoms with E-state index in [2.05, 4.69) is 42.8 Å². The highest BCUT2D eigenvalue weighted by molar-refractivity contribution is 7.16. The van der Waals surface area contributed by atoms with Gasteiger partial charge in [-0.1, -0.05) is 11.6 Å². The molecule has 0 saturated heterocycles. The quantitative estimate of drug-likeness (QED) is 0.792. The van der Waals surface area contributed by atoms with Crippen LogP contribution in [-0.2, 0) is 19.5 Å². The third kappa shape index (κ3) is 3.62. The summed E-state index contributed by atoms with van der Waals surface area (Å²) in [6, 6.07) is 6.36. The van der Waals surface area contributed by atoms with Gasteiger partial charge in [0, 0.05) is 35.9 Å². The number of nitrogens with zero attached hydrogens (tertiary/aromatic N) is 1. The summed E-state index contributed by atoms with van der Waals surface area (Å²) in [5, 5.41) is 3.52. The molecule has 4 heteroatoms. The Hall–Kier alpha value is -0.770. The van der Waals surface area contributed by atoms with Crippen LogP contribution in [0, 0.1) is 13.8 Å². The molecule has 0 bridgehead atoms. The maximum Gasteiger partial charge on any atom is 0.0931 e. The maximum atomic E-state index is 5.92. The third-order valence-corrected chi connectivity index (χ3v) is 4.78. The van der Waals surface area contributed by atoms with Gasteiger partial charge in [-0.25, -0.2) is 0 Å². The topological polar surface area (TPSA) is 17.0 Å². The van der Waals surface area contributed by atoms with Crippen LogP contribution in [0.1, 0.15) is 28.8 Å². The number of halogens is 1. The summed E-state index contributed by atoms with van der Waals surface area (Å²) in [6.45, 7) is 9.55. The van der Waals surface area contributed by atoms with Crippen molar-refractivity contribution in [2.75, 3.05) is 6.54 Å². The molecule has 1 N–H and O–H groups in total. The summed E-state index contributed by atoms with van der Waals surface area (Å²) in [6.07, 6.45) is 1.05. The van der Waals surface area contributed by atoms with Gasteiger partial charge >= 0.3 is 0 Å². The Morgan fingerprint density at radius 1 is 1.32 bits per heavy atom. The van der Waals surface area contributed by atoms with Gasteiger partial charge in [0.25, 0.3) is 0 Å². The minimum atomic E-state index is 0.876. The number of thiophene rings is 1. The predicted octanol–water partition coefficient (Wildman–Crippen LogP) is 4.17. The lowest BCUT2D eigenvalue weighted by Gasteiger charge is -2.07. The van der Waals surface area contributed by atoms with E-state index >= 15 is 0 Å². The zero-order valence-electron chi connectivity index (χ0n) is 11.8. The van der Waals surface area contributed by atoms with Crippen LogP contribution in [0.25, 0.3) is 0 Å². The van der Waals surface area contributed by atoms with Crippen LogP contribution in [0.5, 0.6) is 0 Å². The van der Waals surface area contributed by atoms with Gasteiger partial charge in [0.05, 0.1) is 4.34 Å². The van der Waals surface area contributed by atoms with Crippen LogP contribution in [0.3, 0.4) is 0 Å². The highest BCUT2D eigenvalue weighted by atomic mass is 35.5. The molecule has 2 rings (SSSR count). The number of rotatable bonds is 6. The zero-order chi connectivity index (χ0) is 13.8. The summed E-state index contributed by atoms with van der Waals surface area (Å²) >= 11 is 7.59. The van der Waals surface area contributed by atoms with Crippen LogP contribution in [-0.4, -0.2) is 11.1 Å². The Morgan fingerprint density at radius 2 is 2.11 bits per heavy atom. The summed E-state index contributed by atoms with van der Waals surface area (Å²) in [5.41, 5.74) is 4.14. The predicted molar refractivity (Wildman–Crippen MR) is 84.3 cm³/mol. The van der Waals surface area contributed by atoms with Gasteiger partial charge in [-0.3, -0.25) is 0 Å². The Balaban J connectivity index is 1.83. The first-order chi connectivity index (χ1) is 9.11. The molecule has 0 amide bonds. The van der Waals surface area contributed by atoms with Crippen molar-refractivity contribution in [2.24, 2.45) is 0 Å². The molecule has 2 nitrogen and oxygen atoms in total. The van der Waals surface area contributed by atoms with Crippen LogP contribution >= 0.6 is 22.9 Å². The van der Waals surface area contributed by atoms with Crippen LogP contribution in [0.2, 0.25) is 4.34 Å². The number of nitrogens with one attached hydrogen (secondary N) is 1. The average Bonchev–Trinajstić information content (AvgIpc) is 2.90. The van der Waals surface area contributed by atoms with E-state index in [1.165, 1.54) is 21.8 Å². The van der Waals surface area contributed by atoms with Gasteiger partial charge in [-0.2, -0.15) is 0 Å². The molecule has 0 aliphatic heterocycles. The molecule has 0 atom stereocenters. The second kappa shape index (κ2) is 6.60. The highest BCUT2D eigenvalue weighted by Crippen LogP contribution is 2.21. The number of aromatic nitrogens is 1. The van der Waals surface area contributed by atoms with Crippen molar-refractivity contribution in [3.63, 3.8) is 0 Å². The largest absolute Gasteiger partial charge is 0.349 e. The SMILES string of the molecule is CCn1c(C)cc(CNCCc2ccc(Cl)s2)c1C. The first-order valence-electron chi connectivity index (χ1n) is 6.72. The molecule has 0 aliphatic carbocycles. The minimum absolute atomic E-state index is 0.876. The lowest BCUT2D eigenvalue weighted by Crippen LogP contribution is -2.16. The van der Waals surface area contributed by atoms with Crippen molar-refractivity contribution in [1.29, 1.82) is 0 Å². The van der Waals surface area contributed by atoms with E-state index in [9.17, 15) is 0 Å². The molecule has 0 spiro atoms. The fraction of sp³-hybridized carbons (Fsp3) is 0.467. The number of hydrogen-bond acceptors (Lipinski definition) is 2. The van der Waals surface area contributed by atoms with E-state index in [-0.39, 0.29) is 0 Å². The van der Waals surface area contributed by atoms with Gasteiger partial charge in [-0.05, 0) is 51.0 Å². The second-order valence-corrected chi connectivity index (χ2v) is 6.57. The molecule has 0 fully saturated rings. The van der Waals surface area contributed by atoms with E-state index in [4.69, 9.17) is 11.6 Å². The van der Waals surface area contributed by atoms with E-state index < -0.39 is 0 Å². The average molecular weight is 297 g/mol. The first kappa shape index (κ1) is 14.6. The summed E-state index contributed by atoms with van der Waals surface area (Å²) in [5.74, 6) is 0. The van der Waals surface area contributed by atoms with E-state index in [0.29, 0.717) is 0 Å². The molecule has 0 unspecified atom stereocenters. The first-order valence-corrected chi connectivity index (χ1v) is 7.91. The van der Waals surface area contributed by atoms with Crippen molar-refractivity contribution in [2.45, 2.75) is 40.3 Å². The van der Waals surface area contributed by atoms with Crippen LogP contribution < -0.4 is 5.32 Å². The molecule has 2 heterocycles. The van der Waals surface area contributed by atoms with Gasteiger partial charge in [0.15, 0.2) is 0 Å². The molecule has 104 valence electrons. The minimum Gasteiger partial charge on any atom is -0.349 e. The number of hydrogen-bond donors (Lipinski definition) is 1. The van der Waals surface area contributed by atoms with E-state index in [1.54, 1.807) is 11.3 Å². The van der Waals surface area contributed by atoms with Crippen LogP contribution in [0.15, 0.2) is 18.2 Å². The van der Waals surface area contributed by atoms with Crippen LogP contribution in [0.4, 0.5) is 0 Å². The highest BCUT2D eigenvalue weighted by Gasteiger charge is 2.07. The summed E-state index contributed by atoms with van der Waals surface area (Å²) in [4.78, 5) is 1.34. The molecule has 19 heavy (non-hydrogen) atoms. The Bertz CT molecular complexity index is 542. The lowest BCUT2D eigenvalue weighted by atomic mass is 10.2. The van der Waals surface area contributed by atoms with Crippen molar-refractivity contribution < 1.29 is 0 Å². The molecule has 0 saturated carbocycles. The fourth-order valence-corrected chi connectivity index (χ4v) is 3.55. The molecule has 0 aromatic carbocycles. The van der Waals surface area contributed by atoms with Gasteiger partial charge in [0.2, 0.25) is 0 Å². The number of aryl methyl sites for hydroxylation is 1. The molecule has 2 aromatic rings. The van der Waals surface area contributed by atoms with Gasteiger partial charge in [-0.15, -0.1) is 11.3 Å². The van der Waals surface area contributed by atoms with Crippen molar-refractivity contribution in [3.05, 3.63) is 44.4 Å². The Labute approximate surface area is 124 Å². The maximum absolute atomic E-state index is 5.92. The Kier molecular flexibility index (Phi) is 5.08. The summed E-state index contributed by atoms with van der Waals surface area (Å²) < 4.78 is 3.23. The summed E-state index contributed by atoms with van der Waals surface area (Å²) in [7, 11) is 0. The zero-order valence-corrected chi connectivity index (χ0v) is 13.4. The molecule has 2 aromatic heterocycles. The van der Waals surface area contributed by atoms with E-state index in [0.717, 1.165) is 30.4 Å². The van der Waals surface area contributed by atoms with Crippen molar-refractivity contribution in [3.8, 4) is 0 Å². The monoisotopic (exact) mass is 296 g/mol. The van der Waals surface area contributed by atoms with E-state index in [1.807, 2.05) is 6.07 Å². The normalized spacial score (nSPS) is 11.2.